The number of nitrogens with zero attached hydrogens (tertiary/aromatic N) is 1. The molecule has 0 aliphatic rings. The molecule has 0 fully saturated rings. The molecule has 106 valence electrons. The van der Waals surface area contributed by atoms with Crippen LogP contribution < -0.4 is 5.32 Å². The smallest absolute Gasteiger partial charge is 0.246 e. The Labute approximate surface area is 128 Å². The second kappa shape index (κ2) is 6.46. The molecule has 1 unspecified atom stereocenters. The number of amides is 1. The highest BCUT2D eigenvalue weighted by atomic mass is 79.9. The normalized spacial score (nSPS) is 11.5. The van der Waals surface area contributed by atoms with Gasteiger partial charge in [-0.1, -0.05) is 46.3 Å². The van der Waals surface area contributed by atoms with E-state index >= 15 is 0 Å². The molecule has 1 N–H and O–H groups in total. The maximum absolute atomic E-state index is 13.7. The maximum Gasteiger partial charge on any atom is 0.246 e. The molecule has 6 heteroatoms. The molecule has 2 aromatic carbocycles. The van der Waals surface area contributed by atoms with Crippen LogP contribution >= 0.6 is 15.9 Å². The van der Waals surface area contributed by atoms with Gasteiger partial charge >= 0.3 is 0 Å². The summed E-state index contributed by atoms with van der Waals surface area (Å²) < 4.78 is 27.6. The minimum absolute atomic E-state index is 0.218. The summed E-state index contributed by atoms with van der Waals surface area (Å²) in [6, 6.07) is 12.2. The van der Waals surface area contributed by atoms with Gasteiger partial charge in [-0.15, -0.1) is 0 Å². The van der Waals surface area contributed by atoms with Gasteiger partial charge in [-0.3, -0.25) is 4.79 Å². The van der Waals surface area contributed by atoms with Crippen LogP contribution in [0.15, 0.2) is 46.9 Å². The predicted molar refractivity (Wildman–Crippen MR) is 77.5 cm³/mol. The fourth-order valence-corrected chi connectivity index (χ4v) is 2.19. The fraction of sp³-hybridized carbons (Fsp3) is 0.0667. The summed E-state index contributed by atoms with van der Waals surface area (Å²) in [6.45, 7) is 0. The second-order valence-corrected chi connectivity index (χ2v) is 5.12. The Kier molecular flexibility index (Phi) is 4.66. The van der Waals surface area contributed by atoms with E-state index in [4.69, 9.17) is 5.26 Å². The van der Waals surface area contributed by atoms with Crippen molar-refractivity contribution in [3.63, 3.8) is 0 Å². The highest BCUT2D eigenvalue weighted by Crippen LogP contribution is 2.25. The van der Waals surface area contributed by atoms with Crippen LogP contribution in [0.5, 0.6) is 0 Å². The molecule has 0 aliphatic carbocycles. The standard InChI is InChI=1S/C15H9BrF2N2O/c16-10-6-12(17)14(13(18)7-10)20-15(21)11(8-19)9-4-2-1-3-5-9/h1-7,11H,(H,20,21). The van der Waals surface area contributed by atoms with Crippen LogP contribution in [-0.4, -0.2) is 5.91 Å². The SMILES string of the molecule is N#CC(C(=O)Nc1c(F)cc(Br)cc1F)c1ccccc1. The van der Waals surface area contributed by atoms with Crippen molar-refractivity contribution < 1.29 is 13.6 Å². The van der Waals surface area contributed by atoms with Crippen LogP contribution in [0.3, 0.4) is 0 Å². The average molecular weight is 351 g/mol. The van der Waals surface area contributed by atoms with Crippen molar-refractivity contribution in [1.29, 1.82) is 5.26 Å². The van der Waals surface area contributed by atoms with Crippen LogP contribution in [-0.2, 0) is 4.79 Å². The Balaban J connectivity index is 2.28. The molecule has 1 atom stereocenters. The highest BCUT2D eigenvalue weighted by molar-refractivity contribution is 9.10. The predicted octanol–water partition coefficient (Wildman–Crippen LogP) is 3.97. The number of benzene rings is 2. The first-order chi connectivity index (χ1) is 10.0. The zero-order chi connectivity index (χ0) is 15.4. The van der Waals surface area contributed by atoms with Gasteiger partial charge in [-0.2, -0.15) is 5.26 Å². The highest BCUT2D eigenvalue weighted by Gasteiger charge is 2.22. The minimum atomic E-state index is -1.14. The number of hydrogen-bond donors (Lipinski definition) is 1. The monoisotopic (exact) mass is 350 g/mol. The van der Waals surface area contributed by atoms with Gasteiger partial charge < -0.3 is 5.32 Å². The molecule has 0 aliphatic heterocycles. The third kappa shape index (κ3) is 3.44. The van der Waals surface area contributed by atoms with E-state index in [2.05, 4.69) is 21.2 Å². The van der Waals surface area contributed by atoms with Gasteiger partial charge in [0.1, 0.15) is 5.69 Å². The van der Waals surface area contributed by atoms with Crippen LogP contribution in [0, 0.1) is 23.0 Å². The second-order valence-electron chi connectivity index (χ2n) is 4.21. The summed E-state index contributed by atoms with van der Waals surface area (Å²) in [5, 5.41) is 11.2. The molecule has 2 aromatic rings. The van der Waals surface area contributed by atoms with Gasteiger partial charge in [0.2, 0.25) is 5.91 Å². The van der Waals surface area contributed by atoms with E-state index in [1.165, 1.54) is 0 Å². The lowest BCUT2D eigenvalue weighted by atomic mass is 10.00. The largest absolute Gasteiger partial charge is 0.320 e. The van der Waals surface area contributed by atoms with Crippen molar-refractivity contribution in [2.75, 3.05) is 5.32 Å². The molecule has 0 saturated carbocycles. The average Bonchev–Trinajstić information content (AvgIpc) is 2.45. The molecule has 3 nitrogen and oxygen atoms in total. The zero-order valence-corrected chi connectivity index (χ0v) is 12.2. The molecule has 1 amide bonds. The summed E-state index contributed by atoms with van der Waals surface area (Å²) >= 11 is 2.95. The summed E-state index contributed by atoms with van der Waals surface area (Å²) in [5.41, 5.74) is -0.116. The molecule has 0 aromatic heterocycles. The van der Waals surface area contributed by atoms with Crippen LogP contribution in [0.1, 0.15) is 11.5 Å². The van der Waals surface area contributed by atoms with Gasteiger partial charge in [0.05, 0.1) is 6.07 Å². The molecular formula is C15H9BrF2N2O. The lowest BCUT2D eigenvalue weighted by molar-refractivity contribution is -0.116. The van der Waals surface area contributed by atoms with Crippen molar-refractivity contribution in [2.24, 2.45) is 0 Å². The first kappa shape index (κ1) is 15.1. The van der Waals surface area contributed by atoms with E-state index in [9.17, 15) is 13.6 Å². The summed E-state index contributed by atoms with van der Waals surface area (Å²) in [7, 11) is 0. The molecule has 0 radical (unpaired) electrons. The number of carbonyl (C=O) groups excluding carboxylic acids is 1. The quantitative estimate of drug-likeness (QED) is 0.910. The van der Waals surface area contributed by atoms with Crippen LogP contribution in [0.25, 0.3) is 0 Å². The molecular weight excluding hydrogens is 342 g/mol. The first-order valence-corrected chi connectivity index (χ1v) is 6.72. The number of nitriles is 1. The Morgan fingerprint density at radius 3 is 2.29 bits per heavy atom. The molecule has 21 heavy (non-hydrogen) atoms. The van der Waals surface area contributed by atoms with E-state index in [1.807, 2.05) is 6.07 Å². The number of anilines is 1. The fourth-order valence-electron chi connectivity index (χ4n) is 1.79. The minimum Gasteiger partial charge on any atom is -0.320 e. The van der Waals surface area contributed by atoms with Gasteiger partial charge in [0, 0.05) is 4.47 Å². The number of carbonyl (C=O) groups is 1. The van der Waals surface area contributed by atoms with E-state index < -0.39 is 29.1 Å². The number of nitrogens with one attached hydrogen (secondary N) is 1. The van der Waals surface area contributed by atoms with Gasteiger partial charge in [0.15, 0.2) is 17.6 Å². The molecule has 0 saturated heterocycles. The lowest BCUT2D eigenvalue weighted by Crippen LogP contribution is -2.21. The van der Waals surface area contributed by atoms with E-state index in [1.54, 1.807) is 30.3 Å². The van der Waals surface area contributed by atoms with Crippen LogP contribution in [0.4, 0.5) is 14.5 Å². The van der Waals surface area contributed by atoms with E-state index in [0.717, 1.165) is 12.1 Å². The van der Waals surface area contributed by atoms with E-state index in [-0.39, 0.29) is 4.47 Å². The Hall–Kier alpha value is -2.26. The lowest BCUT2D eigenvalue weighted by Gasteiger charge is -2.12. The van der Waals surface area contributed by atoms with Crippen LogP contribution in [0.2, 0.25) is 0 Å². The zero-order valence-electron chi connectivity index (χ0n) is 10.6. The summed E-state index contributed by atoms with van der Waals surface area (Å²) in [6.07, 6.45) is 0. The third-order valence-corrected chi connectivity index (χ3v) is 3.24. The molecule has 0 spiro atoms. The molecule has 0 heterocycles. The molecule has 2 rings (SSSR count). The van der Waals surface area contributed by atoms with Crippen molar-refractivity contribution in [3.05, 3.63) is 64.1 Å². The van der Waals surface area contributed by atoms with E-state index in [0.29, 0.717) is 5.56 Å². The summed E-state index contributed by atoms with van der Waals surface area (Å²) in [4.78, 5) is 12.1. The number of hydrogen-bond acceptors (Lipinski definition) is 2. The Bertz CT molecular complexity index is 690. The summed E-state index contributed by atoms with van der Waals surface area (Å²) in [5.74, 6) is -3.77. The number of halogens is 3. The third-order valence-electron chi connectivity index (χ3n) is 2.78. The molecule has 0 bridgehead atoms. The number of rotatable bonds is 3. The van der Waals surface area contributed by atoms with Gasteiger partial charge in [-0.25, -0.2) is 8.78 Å². The Morgan fingerprint density at radius 2 is 1.76 bits per heavy atom. The maximum atomic E-state index is 13.7. The van der Waals surface area contributed by atoms with Crippen molar-refractivity contribution in [2.45, 2.75) is 5.92 Å². The van der Waals surface area contributed by atoms with Gasteiger partial charge in [0.25, 0.3) is 0 Å². The topological polar surface area (TPSA) is 52.9 Å². The Morgan fingerprint density at radius 1 is 1.19 bits per heavy atom. The van der Waals surface area contributed by atoms with Crippen molar-refractivity contribution >= 4 is 27.5 Å². The van der Waals surface area contributed by atoms with Crippen molar-refractivity contribution in [1.82, 2.24) is 0 Å². The first-order valence-electron chi connectivity index (χ1n) is 5.93. The van der Waals surface area contributed by atoms with Gasteiger partial charge in [-0.05, 0) is 17.7 Å². The van der Waals surface area contributed by atoms with Crippen molar-refractivity contribution in [3.8, 4) is 6.07 Å².